The van der Waals surface area contributed by atoms with Crippen molar-refractivity contribution in [2.45, 2.75) is 39.7 Å². The van der Waals surface area contributed by atoms with Crippen molar-refractivity contribution in [3.8, 4) is 0 Å². The van der Waals surface area contributed by atoms with Gasteiger partial charge in [0.2, 0.25) is 0 Å². The molecule has 0 fully saturated rings. The van der Waals surface area contributed by atoms with E-state index in [1.165, 1.54) is 11.1 Å². The lowest BCUT2D eigenvalue weighted by Crippen LogP contribution is -2.17. The highest BCUT2D eigenvalue weighted by molar-refractivity contribution is 5.31. The van der Waals surface area contributed by atoms with E-state index in [1.807, 2.05) is 7.05 Å². The van der Waals surface area contributed by atoms with Crippen LogP contribution >= 0.6 is 0 Å². The van der Waals surface area contributed by atoms with Gasteiger partial charge in [0.25, 0.3) is 0 Å². The molecule has 20 heavy (non-hydrogen) atoms. The Labute approximate surface area is 122 Å². The molecule has 1 aromatic carbocycles. The van der Waals surface area contributed by atoms with Gasteiger partial charge in [-0.25, -0.2) is 0 Å². The van der Waals surface area contributed by atoms with Crippen molar-refractivity contribution in [2.24, 2.45) is 5.92 Å². The SMILES string of the molecule is CCc1ccc(C(NC)c2cccc(CC(C)C)c2)o1. The van der Waals surface area contributed by atoms with E-state index in [0.717, 1.165) is 24.4 Å². The third kappa shape index (κ3) is 3.51. The minimum Gasteiger partial charge on any atom is -0.464 e. The fraction of sp³-hybridized carbons (Fsp3) is 0.444. The second-order valence-corrected chi connectivity index (χ2v) is 5.72. The Hall–Kier alpha value is -1.54. The third-order valence-corrected chi connectivity index (χ3v) is 3.53. The average Bonchev–Trinajstić information content (AvgIpc) is 2.88. The van der Waals surface area contributed by atoms with Gasteiger partial charge in [-0.05, 0) is 42.6 Å². The fourth-order valence-corrected chi connectivity index (χ4v) is 2.58. The molecule has 1 heterocycles. The van der Waals surface area contributed by atoms with Gasteiger partial charge in [-0.1, -0.05) is 45.0 Å². The van der Waals surface area contributed by atoms with Crippen LogP contribution in [0.5, 0.6) is 0 Å². The predicted molar refractivity (Wildman–Crippen MR) is 84.0 cm³/mol. The Balaban J connectivity index is 2.26. The van der Waals surface area contributed by atoms with Crippen LogP contribution in [-0.4, -0.2) is 7.05 Å². The number of hydrogen-bond donors (Lipinski definition) is 1. The molecule has 0 aliphatic rings. The van der Waals surface area contributed by atoms with Crippen LogP contribution in [0.2, 0.25) is 0 Å². The van der Waals surface area contributed by atoms with E-state index in [9.17, 15) is 0 Å². The molecule has 0 saturated carbocycles. The second kappa shape index (κ2) is 6.76. The van der Waals surface area contributed by atoms with Crippen molar-refractivity contribution in [3.63, 3.8) is 0 Å². The van der Waals surface area contributed by atoms with Crippen molar-refractivity contribution >= 4 is 0 Å². The Kier molecular flexibility index (Phi) is 5.02. The van der Waals surface area contributed by atoms with E-state index in [4.69, 9.17) is 4.42 Å². The van der Waals surface area contributed by atoms with E-state index in [2.05, 4.69) is 62.5 Å². The van der Waals surface area contributed by atoms with Gasteiger partial charge in [0.1, 0.15) is 11.5 Å². The van der Waals surface area contributed by atoms with Gasteiger partial charge in [0, 0.05) is 6.42 Å². The molecule has 2 aromatic rings. The molecule has 2 nitrogen and oxygen atoms in total. The fourth-order valence-electron chi connectivity index (χ4n) is 2.58. The lowest BCUT2D eigenvalue weighted by atomic mass is 9.97. The largest absolute Gasteiger partial charge is 0.464 e. The molecule has 0 spiro atoms. The van der Waals surface area contributed by atoms with Crippen LogP contribution in [0.3, 0.4) is 0 Å². The number of nitrogens with one attached hydrogen (secondary N) is 1. The highest BCUT2D eigenvalue weighted by Crippen LogP contribution is 2.25. The maximum absolute atomic E-state index is 5.90. The van der Waals surface area contributed by atoms with Crippen LogP contribution < -0.4 is 5.32 Å². The number of aryl methyl sites for hydroxylation is 1. The minimum absolute atomic E-state index is 0.127. The Morgan fingerprint density at radius 2 is 1.95 bits per heavy atom. The van der Waals surface area contributed by atoms with Crippen molar-refractivity contribution in [2.75, 3.05) is 7.05 Å². The number of furan rings is 1. The van der Waals surface area contributed by atoms with Crippen molar-refractivity contribution < 1.29 is 4.42 Å². The van der Waals surface area contributed by atoms with Crippen LogP contribution in [0.4, 0.5) is 0 Å². The normalized spacial score (nSPS) is 12.8. The van der Waals surface area contributed by atoms with Crippen molar-refractivity contribution in [1.82, 2.24) is 5.32 Å². The smallest absolute Gasteiger partial charge is 0.125 e. The van der Waals surface area contributed by atoms with Crippen molar-refractivity contribution in [1.29, 1.82) is 0 Å². The molecule has 2 rings (SSSR count). The van der Waals surface area contributed by atoms with Gasteiger partial charge in [-0.15, -0.1) is 0 Å². The molecule has 0 bridgehead atoms. The molecule has 0 aliphatic heterocycles. The van der Waals surface area contributed by atoms with Crippen molar-refractivity contribution in [3.05, 3.63) is 59.0 Å². The van der Waals surface area contributed by atoms with Crippen LogP contribution in [0.1, 0.15) is 49.5 Å². The molecule has 1 aromatic heterocycles. The molecular formula is C18H25NO. The summed E-state index contributed by atoms with van der Waals surface area (Å²) in [4.78, 5) is 0. The summed E-state index contributed by atoms with van der Waals surface area (Å²) in [6.07, 6.45) is 2.05. The highest BCUT2D eigenvalue weighted by Gasteiger charge is 2.16. The summed E-state index contributed by atoms with van der Waals surface area (Å²) < 4.78 is 5.90. The molecule has 0 radical (unpaired) electrons. The number of hydrogen-bond acceptors (Lipinski definition) is 2. The standard InChI is InChI=1S/C18H25NO/c1-5-16-9-10-17(20-16)18(19-4)15-8-6-7-14(12-15)11-13(2)3/h6-10,12-13,18-19H,5,11H2,1-4H3. The Morgan fingerprint density at radius 3 is 2.55 bits per heavy atom. The van der Waals surface area contributed by atoms with E-state index in [0.29, 0.717) is 5.92 Å². The van der Waals surface area contributed by atoms with E-state index in [-0.39, 0.29) is 6.04 Å². The Bertz CT molecular complexity index is 542. The molecule has 2 heteroatoms. The monoisotopic (exact) mass is 271 g/mol. The molecule has 108 valence electrons. The first-order valence-electron chi connectivity index (χ1n) is 7.48. The first-order chi connectivity index (χ1) is 9.63. The van der Waals surface area contributed by atoms with E-state index < -0.39 is 0 Å². The summed E-state index contributed by atoms with van der Waals surface area (Å²) >= 11 is 0. The van der Waals surface area contributed by atoms with Crippen LogP contribution in [0.25, 0.3) is 0 Å². The molecule has 1 N–H and O–H groups in total. The van der Waals surface area contributed by atoms with Gasteiger partial charge in [-0.3, -0.25) is 0 Å². The molecule has 1 atom stereocenters. The van der Waals surface area contributed by atoms with Gasteiger partial charge < -0.3 is 9.73 Å². The molecular weight excluding hydrogens is 246 g/mol. The summed E-state index contributed by atoms with van der Waals surface area (Å²) in [5.74, 6) is 2.71. The number of benzene rings is 1. The maximum Gasteiger partial charge on any atom is 0.125 e. The van der Waals surface area contributed by atoms with Gasteiger partial charge in [-0.2, -0.15) is 0 Å². The van der Waals surface area contributed by atoms with E-state index >= 15 is 0 Å². The maximum atomic E-state index is 5.90. The molecule has 1 unspecified atom stereocenters. The summed E-state index contributed by atoms with van der Waals surface area (Å²) in [6, 6.07) is 13.1. The molecule has 0 amide bonds. The summed E-state index contributed by atoms with van der Waals surface area (Å²) in [5, 5.41) is 3.36. The van der Waals surface area contributed by atoms with Crippen LogP contribution in [0, 0.1) is 5.92 Å². The lowest BCUT2D eigenvalue weighted by Gasteiger charge is -2.16. The van der Waals surface area contributed by atoms with Crippen LogP contribution in [0.15, 0.2) is 40.8 Å². The highest BCUT2D eigenvalue weighted by atomic mass is 16.3. The second-order valence-electron chi connectivity index (χ2n) is 5.72. The lowest BCUT2D eigenvalue weighted by molar-refractivity contribution is 0.434. The average molecular weight is 271 g/mol. The van der Waals surface area contributed by atoms with Crippen LogP contribution in [-0.2, 0) is 12.8 Å². The predicted octanol–water partition coefficient (Wildman–Crippen LogP) is 4.35. The topological polar surface area (TPSA) is 25.2 Å². The number of rotatable bonds is 6. The zero-order chi connectivity index (χ0) is 14.5. The minimum atomic E-state index is 0.127. The van der Waals surface area contributed by atoms with Gasteiger partial charge in [0.05, 0.1) is 6.04 Å². The first-order valence-corrected chi connectivity index (χ1v) is 7.48. The zero-order valence-corrected chi connectivity index (χ0v) is 12.9. The van der Waals surface area contributed by atoms with E-state index in [1.54, 1.807) is 0 Å². The molecule has 0 aliphatic carbocycles. The quantitative estimate of drug-likeness (QED) is 0.845. The van der Waals surface area contributed by atoms with Gasteiger partial charge >= 0.3 is 0 Å². The molecule has 0 saturated heterocycles. The third-order valence-electron chi connectivity index (χ3n) is 3.53. The Morgan fingerprint density at radius 1 is 1.15 bits per heavy atom. The summed E-state index contributed by atoms with van der Waals surface area (Å²) in [7, 11) is 1.98. The van der Waals surface area contributed by atoms with Gasteiger partial charge in [0.15, 0.2) is 0 Å². The summed E-state index contributed by atoms with van der Waals surface area (Å²) in [6.45, 7) is 6.62. The zero-order valence-electron chi connectivity index (χ0n) is 12.9. The first kappa shape index (κ1) is 14.9. The summed E-state index contributed by atoms with van der Waals surface area (Å²) in [5.41, 5.74) is 2.66.